The summed E-state index contributed by atoms with van der Waals surface area (Å²) in [7, 11) is 0. The minimum absolute atomic E-state index is 0.00840. The predicted octanol–water partition coefficient (Wildman–Crippen LogP) is 4.99. The lowest BCUT2D eigenvalue weighted by Crippen LogP contribution is -1.95. The van der Waals surface area contributed by atoms with Crippen molar-refractivity contribution >= 4 is 0 Å². The molecular weight excluding hydrogens is 464 g/mol. The highest BCUT2D eigenvalue weighted by Crippen LogP contribution is 2.41. The van der Waals surface area contributed by atoms with Crippen LogP contribution in [0.25, 0.3) is 0 Å². The van der Waals surface area contributed by atoms with Crippen LogP contribution in [-0.2, 0) is 25.7 Å². The maximum absolute atomic E-state index is 10.3. The summed E-state index contributed by atoms with van der Waals surface area (Å²) in [6.07, 6.45) is 1.92. The van der Waals surface area contributed by atoms with Crippen molar-refractivity contribution in [3.05, 3.63) is 89.0 Å². The lowest BCUT2D eigenvalue weighted by molar-refractivity contribution is 0.367. The number of rotatable bonds is 8. The van der Waals surface area contributed by atoms with Gasteiger partial charge in [0.05, 0.1) is 0 Å². The summed E-state index contributed by atoms with van der Waals surface area (Å²) < 4.78 is 5.81. The zero-order valence-corrected chi connectivity index (χ0v) is 19.2. The van der Waals surface area contributed by atoms with Crippen LogP contribution in [0.15, 0.2) is 66.7 Å². The molecule has 0 fully saturated rings. The Morgan fingerprint density at radius 1 is 0.472 bits per heavy atom. The van der Waals surface area contributed by atoms with Gasteiger partial charge in [-0.15, -0.1) is 0 Å². The van der Waals surface area contributed by atoms with Gasteiger partial charge in [0.1, 0.15) is 17.2 Å². The Bertz CT molecular complexity index is 1370. The van der Waals surface area contributed by atoms with Crippen molar-refractivity contribution < 1.29 is 40.5 Å². The van der Waals surface area contributed by atoms with E-state index in [4.69, 9.17) is 4.74 Å². The Morgan fingerprint density at radius 2 is 1.00 bits per heavy atom. The molecule has 186 valence electrons. The van der Waals surface area contributed by atoms with E-state index in [1.807, 2.05) is 6.07 Å². The maximum atomic E-state index is 10.3. The summed E-state index contributed by atoms with van der Waals surface area (Å²) in [5, 5.41) is 69.2. The number of aryl methyl sites for hydroxylation is 4. The van der Waals surface area contributed by atoms with Crippen LogP contribution in [0, 0.1) is 0 Å². The molecular formula is C28H26O8. The van der Waals surface area contributed by atoms with Gasteiger partial charge in [0.2, 0.25) is 5.75 Å². The number of hydrogen-bond donors (Lipinski definition) is 7. The molecule has 0 aliphatic heterocycles. The van der Waals surface area contributed by atoms with E-state index in [2.05, 4.69) is 0 Å². The summed E-state index contributed by atoms with van der Waals surface area (Å²) in [6, 6.07) is 17.2. The molecule has 0 saturated heterocycles. The lowest BCUT2D eigenvalue weighted by Gasteiger charge is -2.13. The van der Waals surface area contributed by atoms with E-state index < -0.39 is 23.0 Å². The molecule has 0 bridgehead atoms. The quantitative estimate of drug-likeness (QED) is 0.171. The van der Waals surface area contributed by atoms with Crippen molar-refractivity contribution in [1.29, 1.82) is 0 Å². The first-order valence-corrected chi connectivity index (χ1v) is 11.3. The van der Waals surface area contributed by atoms with Crippen molar-refractivity contribution in [3.63, 3.8) is 0 Å². The highest BCUT2D eigenvalue weighted by atomic mass is 16.5. The van der Waals surface area contributed by atoms with Gasteiger partial charge in [-0.25, -0.2) is 0 Å². The number of ether oxygens (including phenoxy) is 1. The Kier molecular flexibility index (Phi) is 6.96. The first kappa shape index (κ1) is 24.4. The fraction of sp³-hybridized carbons (Fsp3) is 0.143. The molecule has 4 rings (SSSR count). The Labute approximate surface area is 207 Å². The first-order valence-electron chi connectivity index (χ1n) is 11.3. The zero-order chi connectivity index (χ0) is 25.8. The lowest BCUT2D eigenvalue weighted by atomic mass is 10.0. The normalized spacial score (nSPS) is 10.9. The van der Waals surface area contributed by atoms with E-state index >= 15 is 0 Å². The number of phenolic OH excluding ortho intramolecular Hbond substituents is 7. The third kappa shape index (κ3) is 5.85. The van der Waals surface area contributed by atoms with Crippen LogP contribution < -0.4 is 4.74 Å². The van der Waals surface area contributed by atoms with E-state index in [0.717, 1.165) is 11.1 Å². The van der Waals surface area contributed by atoms with Crippen LogP contribution in [0.2, 0.25) is 0 Å². The van der Waals surface area contributed by atoms with Crippen molar-refractivity contribution in [3.8, 4) is 51.7 Å². The van der Waals surface area contributed by atoms with Gasteiger partial charge in [-0.3, -0.25) is 0 Å². The second kappa shape index (κ2) is 10.3. The molecule has 0 atom stereocenters. The van der Waals surface area contributed by atoms with Crippen LogP contribution in [0.1, 0.15) is 22.3 Å². The molecule has 0 radical (unpaired) electrons. The Balaban J connectivity index is 1.50. The molecule has 8 heteroatoms. The van der Waals surface area contributed by atoms with Crippen LogP contribution in [0.5, 0.6) is 51.7 Å². The summed E-state index contributed by atoms with van der Waals surface area (Å²) in [5.41, 5.74) is 2.88. The van der Waals surface area contributed by atoms with E-state index in [1.54, 1.807) is 36.4 Å². The summed E-state index contributed by atoms with van der Waals surface area (Å²) in [6.45, 7) is 0. The monoisotopic (exact) mass is 490 g/mol. The van der Waals surface area contributed by atoms with Crippen molar-refractivity contribution in [2.45, 2.75) is 25.7 Å². The van der Waals surface area contributed by atoms with Gasteiger partial charge in [0.25, 0.3) is 0 Å². The fourth-order valence-corrected chi connectivity index (χ4v) is 3.94. The van der Waals surface area contributed by atoms with E-state index in [0.29, 0.717) is 36.8 Å². The largest absolute Gasteiger partial charge is 0.508 e. The highest BCUT2D eigenvalue weighted by molar-refractivity contribution is 5.55. The van der Waals surface area contributed by atoms with E-state index in [-0.39, 0.29) is 28.7 Å². The minimum Gasteiger partial charge on any atom is -0.508 e. The van der Waals surface area contributed by atoms with Gasteiger partial charge >= 0.3 is 0 Å². The van der Waals surface area contributed by atoms with Crippen molar-refractivity contribution in [2.75, 3.05) is 0 Å². The number of aromatic hydroxyl groups is 7. The summed E-state index contributed by atoms with van der Waals surface area (Å²) in [5.74, 6) is -1.90. The molecule has 0 aliphatic carbocycles. The maximum Gasteiger partial charge on any atom is 0.201 e. The molecule has 0 amide bonds. The third-order valence-electron chi connectivity index (χ3n) is 5.74. The van der Waals surface area contributed by atoms with Gasteiger partial charge in [0.15, 0.2) is 28.7 Å². The van der Waals surface area contributed by atoms with Crippen molar-refractivity contribution in [1.82, 2.24) is 0 Å². The fourth-order valence-electron chi connectivity index (χ4n) is 3.94. The van der Waals surface area contributed by atoms with Crippen molar-refractivity contribution in [2.24, 2.45) is 0 Å². The molecule has 0 aliphatic rings. The van der Waals surface area contributed by atoms with Gasteiger partial charge in [0, 0.05) is 6.07 Å². The molecule has 0 aromatic heterocycles. The minimum atomic E-state index is -0.593. The average molecular weight is 491 g/mol. The standard InChI is InChI=1S/C28H26O8/c29-20-3-1-2-16(8-20)4-5-17-9-21(30)15-22(10-17)36-26-14-19(13-25(33)28(26)35)7-6-18-11-23(31)27(34)24(32)12-18/h1-3,8-15,29-35H,4-7H2. The number of benzene rings is 4. The Hall–Kier alpha value is -4.72. The van der Waals surface area contributed by atoms with Crippen LogP contribution in [-0.4, -0.2) is 35.7 Å². The average Bonchev–Trinajstić information content (AvgIpc) is 2.82. The van der Waals surface area contributed by atoms with Crippen LogP contribution >= 0.6 is 0 Å². The third-order valence-corrected chi connectivity index (χ3v) is 5.74. The van der Waals surface area contributed by atoms with Crippen LogP contribution in [0.3, 0.4) is 0 Å². The molecule has 0 heterocycles. The zero-order valence-electron chi connectivity index (χ0n) is 19.2. The summed E-state index contributed by atoms with van der Waals surface area (Å²) in [4.78, 5) is 0. The van der Waals surface area contributed by atoms with Gasteiger partial charge < -0.3 is 40.5 Å². The molecule has 36 heavy (non-hydrogen) atoms. The molecule has 0 spiro atoms. The van der Waals surface area contributed by atoms with Gasteiger partial charge in [-0.05, 0) is 96.5 Å². The van der Waals surface area contributed by atoms with Crippen LogP contribution in [0.4, 0.5) is 0 Å². The van der Waals surface area contributed by atoms with Gasteiger partial charge in [-0.1, -0.05) is 12.1 Å². The van der Waals surface area contributed by atoms with E-state index in [9.17, 15) is 35.7 Å². The molecule has 7 N–H and O–H groups in total. The topological polar surface area (TPSA) is 151 Å². The molecule has 0 saturated carbocycles. The smallest absolute Gasteiger partial charge is 0.201 e. The predicted molar refractivity (Wildman–Crippen MR) is 132 cm³/mol. The first-order chi connectivity index (χ1) is 17.2. The molecule has 0 unspecified atom stereocenters. The molecule has 4 aromatic carbocycles. The molecule has 4 aromatic rings. The molecule has 8 nitrogen and oxygen atoms in total. The second-order valence-corrected chi connectivity index (χ2v) is 8.55. The van der Waals surface area contributed by atoms with E-state index in [1.165, 1.54) is 24.3 Å². The second-order valence-electron chi connectivity index (χ2n) is 8.55. The highest BCUT2D eigenvalue weighted by Gasteiger charge is 2.14. The number of phenols is 7. The summed E-state index contributed by atoms with van der Waals surface area (Å²) >= 11 is 0. The SMILES string of the molecule is Oc1cccc(CCc2cc(O)cc(Oc3cc(CCc4cc(O)c(O)c(O)c4)cc(O)c3O)c2)c1. The Morgan fingerprint density at radius 3 is 1.64 bits per heavy atom. The number of hydrogen-bond acceptors (Lipinski definition) is 8. The van der Waals surface area contributed by atoms with Gasteiger partial charge in [-0.2, -0.15) is 0 Å².